The predicted molar refractivity (Wildman–Crippen MR) is 104 cm³/mol. The van der Waals surface area contributed by atoms with E-state index in [4.69, 9.17) is 0 Å². The van der Waals surface area contributed by atoms with Crippen molar-refractivity contribution in [3.63, 3.8) is 0 Å². The van der Waals surface area contributed by atoms with E-state index in [0.29, 0.717) is 34.5 Å². The molecule has 7 heteroatoms. The van der Waals surface area contributed by atoms with Crippen molar-refractivity contribution in [3.05, 3.63) is 65.6 Å². The monoisotopic (exact) mass is 383 g/mol. The van der Waals surface area contributed by atoms with Gasteiger partial charge in [-0.2, -0.15) is 0 Å². The summed E-state index contributed by atoms with van der Waals surface area (Å²) in [6.07, 6.45) is 1.64. The zero-order chi connectivity index (χ0) is 19.2. The highest BCUT2D eigenvalue weighted by atomic mass is 32.2. The van der Waals surface area contributed by atoms with Crippen LogP contribution in [-0.4, -0.2) is 24.5 Å². The van der Waals surface area contributed by atoms with Crippen molar-refractivity contribution in [2.24, 2.45) is 4.99 Å². The minimum absolute atomic E-state index is 0.251. The molecule has 3 aromatic rings. The summed E-state index contributed by atoms with van der Waals surface area (Å²) < 4.78 is 38.7. The van der Waals surface area contributed by atoms with Crippen molar-refractivity contribution in [3.8, 4) is 0 Å². The van der Waals surface area contributed by atoms with E-state index in [-0.39, 0.29) is 10.7 Å². The number of hydrogen-bond donors (Lipinski definition) is 1. The van der Waals surface area contributed by atoms with E-state index in [2.05, 4.69) is 15.3 Å². The predicted octanol–water partition coefficient (Wildman–Crippen LogP) is 3.93. The number of hydrogen-bond acceptors (Lipinski definition) is 5. The fourth-order valence-electron chi connectivity index (χ4n) is 3.07. The first-order valence-electron chi connectivity index (χ1n) is 8.59. The molecule has 1 aromatic heterocycles. The minimum Gasteiger partial charge on any atom is -0.339 e. The van der Waals surface area contributed by atoms with E-state index in [9.17, 15) is 12.8 Å². The molecule has 2 heterocycles. The number of fused-ring (bicyclic) bond motifs is 2. The van der Waals surface area contributed by atoms with Gasteiger partial charge in [-0.15, -0.1) is 0 Å². The maximum absolute atomic E-state index is 13.6. The lowest BCUT2D eigenvalue weighted by molar-refractivity contribution is 0.587. The Morgan fingerprint density at radius 3 is 2.70 bits per heavy atom. The highest BCUT2D eigenvalue weighted by Crippen LogP contribution is 2.28. The molecule has 0 fully saturated rings. The maximum Gasteiger partial charge on any atom is 0.180 e. The molecular weight excluding hydrogens is 365 g/mol. The number of nitrogens with one attached hydrogen (secondary N) is 1. The topological polar surface area (TPSA) is 71.4 Å². The minimum atomic E-state index is -3.40. The van der Waals surface area contributed by atoms with Gasteiger partial charge in [0.25, 0.3) is 0 Å². The number of aromatic nitrogens is 1. The first-order valence-corrected chi connectivity index (χ1v) is 10.1. The number of sulfone groups is 1. The van der Waals surface area contributed by atoms with Crippen LogP contribution in [0.15, 0.2) is 58.5 Å². The molecule has 138 valence electrons. The number of pyridine rings is 1. The van der Waals surface area contributed by atoms with Crippen LogP contribution in [0.4, 0.5) is 10.1 Å². The molecule has 0 bridgehead atoms. The van der Waals surface area contributed by atoms with Gasteiger partial charge in [-0.05, 0) is 55.8 Å². The molecule has 1 N–H and O–H groups in total. The number of nitrogens with zero attached hydrogens (tertiary/aromatic N) is 2. The number of amidine groups is 1. The van der Waals surface area contributed by atoms with Crippen molar-refractivity contribution in [1.82, 2.24) is 4.98 Å². The average molecular weight is 383 g/mol. The molecule has 0 radical (unpaired) electrons. The van der Waals surface area contributed by atoms with Gasteiger partial charge < -0.3 is 5.32 Å². The van der Waals surface area contributed by atoms with Gasteiger partial charge in [-0.1, -0.05) is 6.07 Å². The van der Waals surface area contributed by atoms with Crippen LogP contribution in [0.5, 0.6) is 0 Å². The highest BCUT2D eigenvalue weighted by molar-refractivity contribution is 7.92. The van der Waals surface area contributed by atoms with Crippen LogP contribution in [0, 0.1) is 5.82 Å². The number of benzene rings is 2. The molecule has 0 aliphatic carbocycles. The Morgan fingerprint density at radius 2 is 1.93 bits per heavy atom. The molecule has 0 amide bonds. The van der Waals surface area contributed by atoms with Crippen LogP contribution in [0.25, 0.3) is 10.9 Å². The highest BCUT2D eigenvalue weighted by Gasteiger charge is 2.21. The normalized spacial score (nSPS) is 13.7. The fraction of sp³-hybridized carbons (Fsp3) is 0.200. The van der Waals surface area contributed by atoms with Crippen molar-refractivity contribution >= 4 is 32.3 Å². The Kier molecular flexibility index (Phi) is 4.19. The third-order valence-corrected chi connectivity index (χ3v) is 6.80. The van der Waals surface area contributed by atoms with Gasteiger partial charge in [-0.25, -0.2) is 12.8 Å². The summed E-state index contributed by atoms with van der Waals surface area (Å²) in [5.41, 5.74) is 3.00. The summed E-state index contributed by atoms with van der Waals surface area (Å²) in [5.74, 6) is 0.240. The lowest BCUT2D eigenvalue weighted by Crippen LogP contribution is -2.14. The van der Waals surface area contributed by atoms with Gasteiger partial charge in [0.15, 0.2) is 9.84 Å². The van der Waals surface area contributed by atoms with Crippen LogP contribution >= 0.6 is 0 Å². The molecule has 4 rings (SSSR count). The van der Waals surface area contributed by atoms with Crippen LogP contribution in [-0.2, 0) is 16.4 Å². The van der Waals surface area contributed by atoms with E-state index >= 15 is 0 Å². The number of aliphatic imine (C=N–C) groups is 1. The summed E-state index contributed by atoms with van der Waals surface area (Å²) >= 11 is 0. The van der Waals surface area contributed by atoms with Gasteiger partial charge in [0.1, 0.15) is 11.7 Å². The first-order chi connectivity index (χ1) is 12.9. The molecule has 2 aromatic carbocycles. The maximum atomic E-state index is 13.6. The van der Waals surface area contributed by atoms with E-state index in [1.165, 1.54) is 12.1 Å². The summed E-state index contributed by atoms with van der Waals surface area (Å²) in [4.78, 5) is 9.01. The number of anilines is 1. The fourth-order valence-corrected chi connectivity index (χ4v) is 4.16. The Labute approximate surface area is 156 Å². The Morgan fingerprint density at radius 1 is 1.11 bits per heavy atom. The number of halogens is 1. The third kappa shape index (κ3) is 3.08. The molecular formula is C20H18FN3O2S. The van der Waals surface area contributed by atoms with Crippen molar-refractivity contribution in [2.75, 3.05) is 5.32 Å². The Hall–Kier alpha value is -2.80. The second-order valence-electron chi connectivity index (χ2n) is 6.72. The van der Waals surface area contributed by atoms with E-state index in [1.807, 2.05) is 0 Å². The molecule has 0 saturated carbocycles. The van der Waals surface area contributed by atoms with E-state index in [1.54, 1.807) is 50.4 Å². The summed E-state index contributed by atoms with van der Waals surface area (Å²) in [7, 11) is -3.40. The van der Waals surface area contributed by atoms with E-state index in [0.717, 1.165) is 5.56 Å². The molecule has 1 aliphatic heterocycles. The van der Waals surface area contributed by atoms with Gasteiger partial charge >= 0.3 is 0 Å². The summed E-state index contributed by atoms with van der Waals surface area (Å²) in [5, 5.41) is 3.38. The van der Waals surface area contributed by atoms with Crippen LogP contribution in [0.1, 0.15) is 25.0 Å². The van der Waals surface area contributed by atoms with Gasteiger partial charge in [-0.3, -0.25) is 9.98 Å². The molecule has 27 heavy (non-hydrogen) atoms. The largest absolute Gasteiger partial charge is 0.339 e. The Bertz CT molecular complexity index is 1190. The van der Waals surface area contributed by atoms with Crippen molar-refractivity contribution in [1.29, 1.82) is 0 Å². The third-order valence-electron chi connectivity index (χ3n) is 4.65. The lowest BCUT2D eigenvalue weighted by atomic mass is 10.1. The standard InChI is InChI=1S/C20H18FN3O2S/c1-12(2)27(25,26)15-5-6-18-17(10-15)19(7-8-22-18)24-20-16-9-14(21)4-3-13(16)11-23-20/h3-10,12H,11H2,1-2H3,(H,22,23,24). The van der Waals surface area contributed by atoms with Crippen LogP contribution < -0.4 is 5.32 Å². The van der Waals surface area contributed by atoms with Crippen LogP contribution in [0.3, 0.4) is 0 Å². The molecule has 0 atom stereocenters. The molecule has 0 spiro atoms. The van der Waals surface area contributed by atoms with Crippen molar-refractivity contribution < 1.29 is 12.8 Å². The molecule has 0 saturated heterocycles. The lowest BCUT2D eigenvalue weighted by Gasteiger charge is -2.13. The zero-order valence-corrected chi connectivity index (χ0v) is 15.7. The van der Waals surface area contributed by atoms with Gasteiger partial charge in [0, 0.05) is 17.1 Å². The van der Waals surface area contributed by atoms with Crippen molar-refractivity contribution in [2.45, 2.75) is 30.5 Å². The second kappa shape index (κ2) is 6.42. The second-order valence-corrected chi connectivity index (χ2v) is 9.23. The summed E-state index contributed by atoms with van der Waals surface area (Å²) in [6.45, 7) is 3.79. The smallest absolute Gasteiger partial charge is 0.180 e. The zero-order valence-electron chi connectivity index (χ0n) is 14.9. The number of rotatable bonds is 3. The average Bonchev–Trinajstić information content (AvgIpc) is 3.03. The molecule has 5 nitrogen and oxygen atoms in total. The molecule has 0 unspecified atom stereocenters. The SMILES string of the molecule is CC(C)S(=O)(=O)c1ccc2nccc(NC3=NCc4ccc(F)cc43)c2c1. The summed E-state index contributed by atoms with van der Waals surface area (Å²) in [6, 6.07) is 11.2. The van der Waals surface area contributed by atoms with Gasteiger partial charge in [0.2, 0.25) is 0 Å². The van der Waals surface area contributed by atoms with Gasteiger partial charge in [0.05, 0.1) is 27.9 Å². The molecule has 1 aliphatic rings. The Balaban J connectivity index is 1.79. The quantitative estimate of drug-likeness (QED) is 0.744. The van der Waals surface area contributed by atoms with Crippen LogP contribution in [0.2, 0.25) is 0 Å². The first kappa shape index (κ1) is 17.6. The van der Waals surface area contributed by atoms with E-state index < -0.39 is 15.1 Å².